The van der Waals surface area contributed by atoms with Gasteiger partial charge in [-0.25, -0.2) is 0 Å². The summed E-state index contributed by atoms with van der Waals surface area (Å²) in [6, 6.07) is 3.98. The van der Waals surface area contributed by atoms with E-state index < -0.39 is 0 Å². The Morgan fingerprint density at radius 1 is 1.30 bits per heavy atom. The number of hydrogen-bond acceptors (Lipinski definition) is 3. The number of furan rings is 1. The maximum atomic E-state index is 6.11. The monoisotopic (exact) mass is 321 g/mol. The summed E-state index contributed by atoms with van der Waals surface area (Å²) in [5, 5.41) is 3.56. The van der Waals surface area contributed by atoms with E-state index in [-0.39, 0.29) is 5.60 Å². The molecule has 1 aromatic heterocycles. The molecule has 0 aromatic carbocycles. The van der Waals surface area contributed by atoms with Gasteiger partial charge in [-0.2, -0.15) is 0 Å². The Bertz CT molecular complexity index is 443. The fraction of sp³-hybridized carbons (Fsp3) is 0.800. The molecule has 1 aliphatic rings. The van der Waals surface area contributed by atoms with Gasteiger partial charge in [-0.15, -0.1) is 0 Å². The maximum Gasteiger partial charge on any atom is 0.117 e. The van der Waals surface area contributed by atoms with Crippen molar-refractivity contribution < 1.29 is 9.15 Å². The molecule has 2 rings (SSSR count). The van der Waals surface area contributed by atoms with E-state index in [1.165, 1.54) is 32.1 Å². The number of hydrogen-bond donors (Lipinski definition) is 1. The summed E-state index contributed by atoms with van der Waals surface area (Å²) in [5.41, 5.74) is 0.500. The molecule has 1 aliphatic heterocycles. The van der Waals surface area contributed by atoms with Crippen LogP contribution in [0.4, 0.5) is 0 Å². The van der Waals surface area contributed by atoms with Crippen LogP contribution in [0, 0.1) is 11.3 Å². The van der Waals surface area contributed by atoms with E-state index in [4.69, 9.17) is 9.15 Å². The summed E-state index contributed by atoms with van der Waals surface area (Å²) in [5.74, 6) is 1.80. The summed E-state index contributed by atoms with van der Waals surface area (Å²) in [7, 11) is 0. The molecule has 3 heteroatoms. The molecular formula is C20H35NO2. The molecule has 0 amide bonds. The molecule has 23 heavy (non-hydrogen) atoms. The quantitative estimate of drug-likeness (QED) is 0.638. The zero-order valence-corrected chi connectivity index (χ0v) is 15.5. The van der Waals surface area contributed by atoms with Crippen LogP contribution < -0.4 is 5.32 Å². The molecule has 0 bridgehead atoms. The van der Waals surface area contributed by atoms with Crippen LogP contribution in [-0.4, -0.2) is 18.8 Å². The predicted molar refractivity (Wildman–Crippen MR) is 95.4 cm³/mol. The van der Waals surface area contributed by atoms with E-state index >= 15 is 0 Å². The predicted octanol–water partition coefficient (Wildman–Crippen LogP) is 5.16. The van der Waals surface area contributed by atoms with Gasteiger partial charge in [-0.3, -0.25) is 0 Å². The molecule has 0 unspecified atom stereocenters. The molecule has 0 saturated carbocycles. The lowest BCUT2D eigenvalue weighted by molar-refractivity contribution is -0.123. The van der Waals surface area contributed by atoms with Crippen molar-refractivity contribution in [2.45, 2.75) is 78.4 Å². The average molecular weight is 322 g/mol. The third kappa shape index (κ3) is 5.65. The zero-order chi connectivity index (χ0) is 16.8. The number of nitrogens with one attached hydrogen (secondary N) is 1. The lowest BCUT2D eigenvalue weighted by Crippen LogP contribution is -2.44. The van der Waals surface area contributed by atoms with Crippen molar-refractivity contribution in [3.8, 4) is 0 Å². The Hall–Kier alpha value is -0.800. The molecule has 0 spiro atoms. The van der Waals surface area contributed by atoms with Crippen molar-refractivity contribution in [1.29, 1.82) is 0 Å². The normalized spacial score (nSPS) is 28.4. The van der Waals surface area contributed by atoms with Crippen molar-refractivity contribution in [3.05, 3.63) is 24.2 Å². The third-order valence-corrected chi connectivity index (χ3v) is 5.54. The Kier molecular flexibility index (Phi) is 6.72. The van der Waals surface area contributed by atoms with Crippen molar-refractivity contribution in [1.82, 2.24) is 5.32 Å². The van der Waals surface area contributed by atoms with Gasteiger partial charge >= 0.3 is 0 Å². The van der Waals surface area contributed by atoms with E-state index in [1.54, 1.807) is 6.26 Å². The molecule has 3 nitrogen and oxygen atoms in total. The van der Waals surface area contributed by atoms with Crippen LogP contribution in [0.2, 0.25) is 0 Å². The van der Waals surface area contributed by atoms with Crippen LogP contribution in [0.5, 0.6) is 0 Å². The van der Waals surface area contributed by atoms with Gasteiger partial charge in [0.05, 0.1) is 18.4 Å². The van der Waals surface area contributed by atoms with Gasteiger partial charge in [0.2, 0.25) is 0 Å². The van der Waals surface area contributed by atoms with Crippen LogP contribution >= 0.6 is 0 Å². The van der Waals surface area contributed by atoms with Gasteiger partial charge in [0.25, 0.3) is 0 Å². The molecular weight excluding hydrogens is 286 g/mol. The fourth-order valence-corrected chi connectivity index (χ4v) is 3.80. The first kappa shape index (κ1) is 18.5. The van der Waals surface area contributed by atoms with Gasteiger partial charge in [-0.05, 0) is 69.0 Å². The van der Waals surface area contributed by atoms with Gasteiger partial charge < -0.3 is 14.5 Å². The fourth-order valence-electron chi connectivity index (χ4n) is 3.80. The third-order valence-electron chi connectivity index (χ3n) is 5.54. The van der Waals surface area contributed by atoms with E-state index in [9.17, 15) is 0 Å². The molecule has 1 N–H and O–H groups in total. The summed E-state index contributed by atoms with van der Waals surface area (Å²) in [4.78, 5) is 0. The molecule has 0 radical (unpaired) electrons. The maximum absolute atomic E-state index is 6.11. The Balaban J connectivity index is 1.90. The molecule has 1 aromatic rings. The first-order chi connectivity index (χ1) is 11.0. The SMILES string of the molecule is CC[C@]1(C)C[C@@](CCNCc2ccco2)(CCC(C)C)CCO1. The van der Waals surface area contributed by atoms with Crippen molar-refractivity contribution in [2.75, 3.05) is 13.2 Å². The highest BCUT2D eigenvalue weighted by Gasteiger charge is 2.41. The second-order valence-corrected chi connectivity index (χ2v) is 8.02. The Labute approximate surface area is 142 Å². The second-order valence-electron chi connectivity index (χ2n) is 8.02. The first-order valence-corrected chi connectivity index (χ1v) is 9.34. The van der Waals surface area contributed by atoms with Gasteiger partial charge in [-0.1, -0.05) is 27.2 Å². The topological polar surface area (TPSA) is 34.4 Å². The molecule has 1 fully saturated rings. The molecule has 2 atom stereocenters. The minimum Gasteiger partial charge on any atom is -0.468 e. The van der Waals surface area contributed by atoms with Gasteiger partial charge in [0.15, 0.2) is 0 Å². The largest absolute Gasteiger partial charge is 0.468 e. The van der Waals surface area contributed by atoms with Crippen LogP contribution in [0.15, 0.2) is 22.8 Å². The molecule has 1 saturated heterocycles. The lowest BCUT2D eigenvalue weighted by Gasteiger charge is -2.47. The summed E-state index contributed by atoms with van der Waals surface area (Å²) in [6.45, 7) is 12.0. The summed E-state index contributed by atoms with van der Waals surface area (Å²) >= 11 is 0. The first-order valence-electron chi connectivity index (χ1n) is 9.34. The van der Waals surface area contributed by atoms with Crippen LogP contribution in [0.1, 0.15) is 72.0 Å². The standard InChI is InChI=1S/C20H35NO2/c1-5-19(4)16-20(11-14-23-19,9-8-17(2)3)10-12-21-15-18-7-6-13-22-18/h6-7,13,17,21H,5,8-12,14-16H2,1-4H3/t19-,20-/m1/s1. The second kappa shape index (κ2) is 8.34. The zero-order valence-electron chi connectivity index (χ0n) is 15.5. The van der Waals surface area contributed by atoms with Crippen molar-refractivity contribution in [2.24, 2.45) is 11.3 Å². The minimum absolute atomic E-state index is 0.0657. The average Bonchev–Trinajstić information content (AvgIpc) is 3.03. The van der Waals surface area contributed by atoms with E-state index in [0.29, 0.717) is 5.41 Å². The Morgan fingerprint density at radius 2 is 2.13 bits per heavy atom. The van der Waals surface area contributed by atoms with E-state index in [2.05, 4.69) is 33.0 Å². The van der Waals surface area contributed by atoms with Crippen LogP contribution in [-0.2, 0) is 11.3 Å². The van der Waals surface area contributed by atoms with Crippen molar-refractivity contribution >= 4 is 0 Å². The number of ether oxygens (including phenoxy) is 1. The summed E-state index contributed by atoms with van der Waals surface area (Å²) in [6.07, 6.45) is 9.13. The molecule has 0 aliphatic carbocycles. The highest BCUT2D eigenvalue weighted by Crippen LogP contribution is 2.46. The number of rotatable bonds is 9. The van der Waals surface area contributed by atoms with Crippen LogP contribution in [0.3, 0.4) is 0 Å². The minimum atomic E-state index is 0.0657. The van der Waals surface area contributed by atoms with E-state index in [1.807, 2.05) is 12.1 Å². The smallest absolute Gasteiger partial charge is 0.117 e. The molecule has 2 heterocycles. The van der Waals surface area contributed by atoms with Crippen LogP contribution in [0.25, 0.3) is 0 Å². The highest BCUT2D eigenvalue weighted by molar-refractivity contribution is 4.97. The summed E-state index contributed by atoms with van der Waals surface area (Å²) < 4.78 is 11.5. The highest BCUT2D eigenvalue weighted by atomic mass is 16.5. The van der Waals surface area contributed by atoms with Gasteiger partial charge in [0, 0.05) is 6.61 Å². The van der Waals surface area contributed by atoms with Gasteiger partial charge in [0.1, 0.15) is 5.76 Å². The molecule has 132 valence electrons. The van der Waals surface area contributed by atoms with Crippen molar-refractivity contribution in [3.63, 3.8) is 0 Å². The van der Waals surface area contributed by atoms with E-state index in [0.717, 1.165) is 37.8 Å². The Morgan fingerprint density at radius 3 is 2.78 bits per heavy atom. The lowest BCUT2D eigenvalue weighted by atomic mass is 9.67.